The first-order chi connectivity index (χ1) is 19.8. The molecule has 0 aliphatic carbocycles. The number of halogens is 1. The second-order valence-electron chi connectivity index (χ2n) is 9.16. The van der Waals surface area contributed by atoms with Crippen molar-refractivity contribution >= 4 is 56.6 Å². The van der Waals surface area contributed by atoms with Crippen LogP contribution in [0.2, 0.25) is 0 Å². The summed E-state index contributed by atoms with van der Waals surface area (Å²) in [4.78, 5) is 30.3. The van der Waals surface area contributed by atoms with Gasteiger partial charge in [-0.1, -0.05) is 18.2 Å². The third-order valence-electron chi connectivity index (χ3n) is 5.99. The average molecular weight is 667 g/mol. The lowest BCUT2D eigenvalue weighted by Gasteiger charge is -2.14. The first-order valence-corrected chi connectivity index (χ1v) is 13.7. The van der Waals surface area contributed by atoms with Crippen molar-refractivity contribution in [3.63, 3.8) is 0 Å². The molecule has 0 atom stereocenters. The summed E-state index contributed by atoms with van der Waals surface area (Å²) in [5.74, 6) is 1.53. The number of benzene rings is 3. The Labute approximate surface area is 248 Å². The third-order valence-corrected chi connectivity index (χ3v) is 6.79. The molecule has 11 heteroatoms. The minimum Gasteiger partial charge on any atom is -0.496 e. The van der Waals surface area contributed by atoms with Crippen LogP contribution in [0.4, 0.5) is 0 Å². The number of hydrogen-bond acceptors (Lipinski definition) is 9. The highest BCUT2D eigenvalue weighted by Crippen LogP contribution is 2.34. The Balaban J connectivity index is 1.56. The van der Waals surface area contributed by atoms with Crippen LogP contribution in [0, 0.1) is 3.57 Å². The molecule has 3 aromatic carbocycles. The normalized spacial score (nSPS) is 11.5. The van der Waals surface area contributed by atoms with E-state index in [9.17, 15) is 9.59 Å². The van der Waals surface area contributed by atoms with Gasteiger partial charge in [0.1, 0.15) is 11.3 Å². The number of esters is 1. The van der Waals surface area contributed by atoms with Gasteiger partial charge in [0.2, 0.25) is 5.82 Å². The van der Waals surface area contributed by atoms with Gasteiger partial charge in [-0.2, -0.15) is 9.78 Å². The molecule has 5 rings (SSSR count). The van der Waals surface area contributed by atoms with Crippen molar-refractivity contribution in [1.82, 2.24) is 9.66 Å². The molecule has 41 heavy (non-hydrogen) atoms. The minimum atomic E-state index is -0.484. The molecule has 0 amide bonds. The van der Waals surface area contributed by atoms with Crippen molar-refractivity contribution in [2.45, 2.75) is 20.0 Å². The molecular weight excluding hydrogens is 641 g/mol. The molecule has 0 saturated heterocycles. The topological polar surface area (TPSA) is 114 Å². The third kappa shape index (κ3) is 5.89. The smallest absolute Gasteiger partial charge is 0.344 e. The molecule has 0 spiro atoms. The summed E-state index contributed by atoms with van der Waals surface area (Å²) in [6.07, 6.45) is 1.27. The highest BCUT2D eigenvalue weighted by atomic mass is 127. The summed E-state index contributed by atoms with van der Waals surface area (Å²) in [7, 11) is 3.08. The van der Waals surface area contributed by atoms with E-state index in [1.54, 1.807) is 57.4 Å². The van der Waals surface area contributed by atoms with Crippen molar-refractivity contribution < 1.29 is 28.2 Å². The SMILES string of the molecule is COc1cc(C=Nn2c(-c3cc4c(OC)cccc4o3)nc3ccccc3c2=O)cc(I)c1OCC(=O)OC(C)C. The quantitative estimate of drug-likeness (QED) is 0.113. The molecule has 0 fully saturated rings. The van der Waals surface area contributed by atoms with Crippen molar-refractivity contribution in [3.8, 4) is 28.8 Å². The van der Waals surface area contributed by atoms with Crippen molar-refractivity contribution in [2.75, 3.05) is 20.8 Å². The predicted molar refractivity (Wildman–Crippen MR) is 163 cm³/mol. The van der Waals surface area contributed by atoms with Crippen LogP contribution in [0.15, 0.2) is 75.0 Å². The molecular formula is C30H26IN3O7. The summed E-state index contributed by atoms with van der Waals surface area (Å²) in [5, 5.41) is 5.67. The van der Waals surface area contributed by atoms with Gasteiger partial charge < -0.3 is 23.4 Å². The Morgan fingerprint density at radius 2 is 1.83 bits per heavy atom. The maximum Gasteiger partial charge on any atom is 0.344 e. The summed E-state index contributed by atoms with van der Waals surface area (Å²) >= 11 is 2.08. The first-order valence-electron chi connectivity index (χ1n) is 12.6. The number of nitrogens with zero attached hydrogens (tertiary/aromatic N) is 3. The standard InChI is InChI=1S/C30H26IN3O7/c1-17(2)40-27(35)16-39-28-21(31)12-18(13-25(28)38-4)15-32-34-29(33-22-9-6-5-8-19(22)30(34)36)26-14-20-23(37-3)10-7-11-24(20)41-26/h5-15,17H,16H2,1-4H3. The van der Waals surface area contributed by atoms with Crippen LogP contribution in [0.1, 0.15) is 19.4 Å². The number of ether oxygens (including phenoxy) is 4. The number of carbonyl (C=O) groups excluding carboxylic acids is 1. The fraction of sp³-hybridized carbons (Fsp3) is 0.200. The largest absolute Gasteiger partial charge is 0.496 e. The van der Waals surface area contributed by atoms with E-state index in [1.165, 1.54) is 18.0 Å². The summed E-state index contributed by atoms with van der Waals surface area (Å²) in [5.41, 5.74) is 1.37. The maximum absolute atomic E-state index is 13.6. The van der Waals surface area contributed by atoms with Crippen molar-refractivity contribution in [1.29, 1.82) is 0 Å². The van der Waals surface area contributed by atoms with E-state index in [-0.39, 0.29) is 24.1 Å². The molecule has 0 unspecified atom stereocenters. The van der Waals surface area contributed by atoms with E-state index in [4.69, 9.17) is 28.3 Å². The highest BCUT2D eigenvalue weighted by Gasteiger charge is 2.19. The second-order valence-corrected chi connectivity index (χ2v) is 10.3. The number of carbonyl (C=O) groups is 1. The van der Waals surface area contributed by atoms with E-state index < -0.39 is 5.97 Å². The number of para-hydroxylation sites is 1. The molecule has 2 aromatic heterocycles. The summed E-state index contributed by atoms with van der Waals surface area (Å²) < 4.78 is 29.8. The molecule has 10 nitrogen and oxygen atoms in total. The van der Waals surface area contributed by atoms with Crippen LogP contribution in [0.5, 0.6) is 17.2 Å². The first kappa shape index (κ1) is 28.1. The monoisotopic (exact) mass is 667 g/mol. The lowest BCUT2D eigenvalue weighted by atomic mass is 10.2. The van der Waals surface area contributed by atoms with E-state index in [2.05, 4.69) is 27.7 Å². The minimum absolute atomic E-state index is 0.230. The Bertz CT molecular complexity index is 1840. The van der Waals surface area contributed by atoms with Gasteiger partial charge in [0.15, 0.2) is 23.9 Å². The molecule has 0 N–H and O–H groups in total. The van der Waals surface area contributed by atoms with E-state index >= 15 is 0 Å². The van der Waals surface area contributed by atoms with Crippen molar-refractivity contribution in [3.05, 3.63) is 80.2 Å². The number of rotatable bonds is 9. The molecule has 210 valence electrons. The maximum atomic E-state index is 13.6. The molecule has 0 aliphatic heterocycles. The summed E-state index contributed by atoms with van der Waals surface area (Å²) in [6, 6.07) is 17.8. The molecule has 0 aliphatic rings. The van der Waals surface area contributed by atoms with Gasteiger partial charge in [0.25, 0.3) is 5.56 Å². The van der Waals surface area contributed by atoms with Crippen LogP contribution in [0.25, 0.3) is 33.5 Å². The lowest BCUT2D eigenvalue weighted by molar-refractivity contribution is -0.149. The lowest BCUT2D eigenvalue weighted by Crippen LogP contribution is -2.20. The molecule has 0 bridgehead atoms. The number of furan rings is 1. The zero-order chi connectivity index (χ0) is 29.1. The number of methoxy groups -OCH3 is 2. The number of aromatic nitrogens is 2. The van der Waals surface area contributed by atoms with Gasteiger partial charge in [0, 0.05) is 0 Å². The van der Waals surface area contributed by atoms with E-state index in [0.29, 0.717) is 48.6 Å². The van der Waals surface area contributed by atoms with E-state index in [0.717, 1.165) is 5.39 Å². The molecule has 0 radical (unpaired) electrons. The Kier molecular flexibility index (Phi) is 8.24. The van der Waals surface area contributed by atoms with Crippen LogP contribution in [0.3, 0.4) is 0 Å². The van der Waals surface area contributed by atoms with E-state index in [1.807, 2.05) is 24.3 Å². The number of hydrogen-bond donors (Lipinski definition) is 0. The van der Waals surface area contributed by atoms with Gasteiger partial charge in [-0.25, -0.2) is 9.78 Å². The van der Waals surface area contributed by atoms with Gasteiger partial charge >= 0.3 is 5.97 Å². The van der Waals surface area contributed by atoms with Crippen molar-refractivity contribution in [2.24, 2.45) is 5.10 Å². The van der Waals surface area contributed by atoms with Crippen LogP contribution >= 0.6 is 22.6 Å². The average Bonchev–Trinajstić information content (AvgIpc) is 3.40. The van der Waals surface area contributed by atoms with Gasteiger partial charge in [-0.05, 0) is 84.5 Å². The Morgan fingerprint density at radius 1 is 1.05 bits per heavy atom. The zero-order valence-corrected chi connectivity index (χ0v) is 24.9. The van der Waals surface area contributed by atoms with Crippen LogP contribution < -0.4 is 19.8 Å². The summed E-state index contributed by atoms with van der Waals surface area (Å²) in [6.45, 7) is 3.27. The molecule has 0 saturated carbocycles. The molecule has 5 aromatic rings. The Morgan fingerprint density at radius 3 is 2.59 bits per heavy atom. The second kappa shape index (κ2) is 12.0. The van der Waals surface area contributed by atoms with Gasteiger partial charge in [-0.15, -0.1) is 0 Å². The highest BCUT2D eigenvalue weighted by molar-refractivity contribution is 14.1. The fourth-order valence-corrected chi connectivity index (χ4v) is 5.00. The van der Waals surface area contributed by atoms with Gasteiger partial charge in [-0.3, -0.25) is 4.79 Å². The van der Waals surface area contributed by atoms with Crippen LogP contribution in [-0.2, 0) is 9.53 Å². The Hall–Kier alpha value is -4.39. The zero-order valence-electron chi connectivity index (χ0n) is 22.7. The fourth-order valence-electron chi connectivity index (χ4n) is 4.22. The molecule has 2 heterocycles. The number of fused-ring (bicyclic) bond motifs is 2. The predicted octanol–water partition coefficient (Wildman–Crippen LogP) is 5.64. The van der Waals surface area contributed by atoms with Gasteiger partial charge in [0.05, 0.1) is 46.4 Å². The van der Waals surface area contributed by atoms with Crippen LogP contribution in [-0.4, -0.2) is 48.8 Å².